The van der Waals surface area contributed by atoms with Crippen LogP contribution in [0.1, 0.15) is 11.1 Å². The van der Waals surface area contributed by atoms with Crippen molar-refractivity contribution in [3.8, 4) is 17.1 Å². The van der Waals surface area contributed by atoms with Crippen LogP contribution in [0.5, 0.6) is 5.75 Å². The van der Waals surface area contributed by atoms with E-state index in [0.717, 1.165) is 21.2 Å². The second-order valence-corrected chi connectivity index (χ2v) is 6.50. The first-order valence-corrected chi connectivity index (χ1v) is 8.49. The number of halogens is 1. The summed E-state index contributed by atoms with van der Waals surface area (Å²) in [4.78, 5) is 16.3. The third-order valence-corrected chi connectivity index (χ3v) is 4.12. The molecule has 0 unspecified atom stereocenters. The molecule has 7 heteroatoms. The number of H-pyrrole nitrogens is 1. The van der Waals surface area contributed by atoms with Crippen molar-refractivity contribution in [3.05, 3.63) is 58.1 Å². The van der Waals surface area contributed by atoms with Crippen molar-refractivity contribution in [1.82, 2.24) is 15.2 Å². The number of rotatable bonds is 5. The van der Waals surface area contributed by atoms with Gasteiger partial charge in [0.05, 0.1) is 0 Å². The van der Waals surface area contributed by atoms with Crippen LogP contribution in [-0.2, 0) is 4.79 Å². The number of hydrogen-bond acceptors (Lipinski definition) is 4. The molecule has 0 atom stereocenters. The molecule has 3 aromatic rings. The van der Waals surface area contributed by atoms with E-state index in [2.05, 4.69) is 36.4 Å². The lowest BCUT2D eigenvalue weighted by atomic mass is 10.1. The van der Waals surface area contributed by atoms with E-state index in [9.17, 15) is 4.79 Å². The minimum Gasteiger partial charge on any atom is -0.484 e. The largest absolute Gasteiger partial charge is 0.484 e. The van der Waals surface area contributed by atoms with E-state index < -0.39 is 0 Å². The predicted molar refractivity (Wildman–Crippen MR) is 99.6 cm³/mol. The van der Waals surface area contributed by atoms with Crippen molar-refractivity contribution in [3.63, 3.8) is 0 Å². The number of nitrogens with zero attached hydrogens (tertiary/aromatic N) is 2. The van der Waals surface area contributed by atoms with E-state index in [1.165, 1.54) is 0 Å². The molecule has 25 heavy (non-hydrogen) atoms. The third kappa shape index (κ3) is 4.45. The number of anilines is 1. The lowest BCUT2D eigenvalue weighted by molar-refractivity contribution is -0.118. The highest BCUT2D eigenvalue weighted by atomic mass is 79.9. The normalized spacial score (nSPS) is 10.5. The number of carbonyl (C=O) groups excluding carboxylic acids is 1. The molecule has 0 aliphatic carbocycles. The van der Waals surface area contributed by atoms with E-state index in [1.54, 1.807) is 0 Å². The minimum absolute atomic E-state index is 0.109. The van der Waals surface area contributed by atoms with Crippen LogP contribution in [0.2, 0.25) is 0 Å². The average Bonchev–Trinajstić information content (AvgIpc) is 3.01. The van der Waals surface area contributed by atoms with Crippen molar-refractivity contribution >= 4 is 27.8 Å². The molecule has 1 aromatic heterocycles. The van der Waals surface area contributed by atoms with Gasteiger partial charge in [-0.05, 0) is 43.2 Å². The van der Waals surface area contributed by atoms with Gasteiger partial charge in [0.2, 0.25) is 5.95 Å². The summed E-state index contributed by atoms with van der Waals surface area (Å²) in [6.07, 6.45) is 0. The Hall–Kier alpha value is -2.67. The zero-order valence-electron chi connectivity index (χ0n) is 13.8. The van der Waals surface area contributed by atoms with Gasteiger partial charge in [0.15, 0.2) is 12.4 Å². The first kappa shape index (κ1) is 17.2. The Morgan fingerprint density at radius 2 is 1.92 bits per heavy atom. The molecule has 1 heterocycles. The number of ether oxygens (including phenoxy) is 1. The zero-order valence-corrected chi connectivity index (χ0v) is 15.4. The van der Waals surface area contributed by atoms with Gasteiger partial charge in [-0.3, -0.25) is 15.2 Å². The second-order valence-electron chi connectivity index (χ2n) is 5.65. The van der Waals surface area contributed by atoms with Gasteiger partial charge in [-0.25, -0.2) is 0 Å². The van der Waals surface area contributed by atoms with Crippen LogP contribution in [-0.4, -0.2) is 27.7 Å². The van der Waals surface area contributed by atoms with Gasteiger partial charge >= 0.3 is 0 Å². The fourth-order valence-corrected chi connectivity index (χ4v) is 2.89. The lowest BCUT2D eigenvalue weighted by Gasteiger charge is -2.07. The summed E-state index contributed by atoms with van der Waals surface area (Å²) in [6.45, 7) is 3.86. The van der Waals surface area contributed by atoms with Crippen molar-refractivity contribution in [2.45, 2.75) is 13.8 Å². The number of aryl methyl sites for hydroxylation is 2. The quantitative estimate of drug-likeness (QED) is 0.680. The maximum atomic E-state index is 12.0. The molecule has 0 spiro atoms. The third-order valence-electron chi connectivity index (χ3n) is 3.43. The van der Waals surface area contributed by atoms with Crippen LogP contribution in [0, 0.1) is 13.8 Å². The number of benzene rings is 2. The first-order chi connectivity index (χ1) is 12.0. The molecule has 0 saturated carbocycles. The Labute approximate surface area is 153 Å². The van der Waals surface area contributed by atoms with Crippen LogP contribution < -0.4 is 10.1 Å². The number of carbonyl (C=O) groups is 1. The summed E-state index contributed by atoms with van der Waals surface area (Å²) >= 11 is 3.46. The highest BCUT2D eigenvalue weighted by Crippen LogP contribution is 2.25. The predicted octanol–water partition coefficient (Wildman–Crippen LogP) is 3.87. The van der Waals surface area contributed by atoms with Gasteiger partial charge in [-0.1, -0.05) is 40.2 Å². The van der Waals surface area contributed by atoms with Crippen LogP contribution >= 0.6 is 15.9 Å². The number of nitrogens with one attached hydrogen (secondary N) is 2. The summed E-state index contributed by atoms with van der Waals surface area (Å²) in [5.74, 6) is 1.12. The molecule has 0 fully saturated rings. The molecule has 3 rings (SSSR count). The number of aromatic amines is 1. The van der Waals surface area contributed by atoms with Crippen LogP contribution in [0.3, 0.4) is 0 Å². The summed E-state index contributed by atoms with van der Waals surface area (Å²) in [7, 11) is 0. The Morgan fingerprint density at radius 3 is 2.64 bits per heavy atom. The van der Waals surface area contributed by atoms with Crippen LogP contribution in [0.15, 0.2) is 46.9 Å². The maximum Gasteiger partial charge on any atom is 0.264 e. The first-order valence-electron chi connectivity index (χ1n) is 7.69. The summed E-state index contributed by atoms with van der Waals surface area (Å²) in [5, 5.41) is 9.44. The highest BCUT2D eigenvalue weighted by Gasteiger charge is 2.11. The second kappa shape index (κ2) is 7.48. The maximum absolute atomic E-state index is 12.0. The van der Waals surface area contributed by atoms with Gasteiger partial charge in [-0.2, -0.15) is 4.98 Å². The fourth-order valence-electron chi connectivity index (χ4n) is 2.42. The molecule has 0 aliphatic rings. The van der Waals surface area contributed by atoms with Gasteiger partial charge < -0.3 is 4.74 Å². The number of hydrogen-bond donors (Lipinski definition) is 2. The minimum atomic E-state index is -0.322. The molecular formula is C18H17BrN4O2. The number of amides is 1. The van der Waals surface area contributed by atoms with Crippen molar-refractivity contribution < 1.29 is 9.53 Å². The molecule has 0 saturated heterocycles. The fraction of sp³-hybridized carbons (Fsp3) is 0.167. The Kier molecular flexibility index (Phi) is 5.14. The molecular weight excluding hydrogens is 384 g/mol. The zero-order chi connectivity index (χ0) is 17.8. The molecule has 0 aliphatic heterocycles. The lowest BCUT2D eigenvalue weighted by Crippen LogP contribution is -2.20. The van der Waals surface area contributed by atoms with Crippen molar-refractivity contribution in [2.75, 3.05) is 11.9 Å². The highest BCUT2D eigenvalue weighted by molar-refractivity contribution is 9.10. The van der Waals surface area contributed by atoms with E-state index in [1.807, 2.05) is 56.3 Å². The van der Waals surface area contributed by atoms with Gasteiger partial charge in [0.1, 0.15) is 5.75 Å². The molecule has 0 radical (unpaired) electrons. The van der Waals surface area contributed by atoms with Gasteiger partial charge in [0, 0.05) is 10.0 Å². The van der Waals surface area contributed by atoms with Crippen molar-refractivity contribution in [2.24, 2.45) is 0 Å². The summed E-state index contributed by atoms with van der Waals surface area (Å²) in [6, 6.07) is 13.4. The molecule has 2 aromatic carbocycles. The SMILES string of the molecule is Cc1cc(C)cc(OCC(=O)Nc2n[nH]c(-c3ccccc3Br)n2)c1. The van der Waals surface area contributed by atoms with E-state index in [0.29, 0.717) is 11.6 Å². The van der Waals surface area contributed by atoms with Crippen LogP contribution in [0.4, 0.5) is 5.95 Å². The average molecular weight is 401 g/mol. The van der Waals surface area contributed by atoms with Gasteiger partial charge in [-0.15, -0.1) is 5.10 Å². The number of aromatic nitrogens is 3. The van der Waals surface area contributed by atoms with E-state index in [4.69, 9.17) is 4.74 Å². The van der Waals surface area contributed by atoms with Gasteiger partial charge in [0.25, 0.3) is 5.91 Å². The van der Waals surface area contributed by atoms with E-state index >= 15 is 0 Å². The molecule has 2 N–H and O–H groups in total. The topological polar surface area (TPSA) is 79.9 Å². The Morgan fingerprint density at radius 1 is 1.20 bits per heavy atom. The Balaban J connectivity index is 1.61. The Bertz CT molecular complexity index is 887. The monoisotopic (exact) mass is 400 g/mol. The molecule has 1 amide bonds. The molecule has 6 nitrogen and oxygen atoms in total. The summed E-state index contributed by atoms with van der Waals surface area (Å²) < 4.78 is 6.42. The van der Waals surface area contributed by atoms with E-state index in [-0.39, 0.29) is 18.5 Å². The van der Waals surface area contributed by atoms with Crippen LogP contribution in [0.25, 0.3) is 11.4 Å². The molecule has 128 valence electrons. The smallest absolute Gasteiger partial charge is 0.264 e. The molecule has 0 bridgehead atoms. The standard InChI is InChI=1S/C18H17BrN4O2/c1-11-7-12(2)9-13(8-11)25-10-16(24)20-18-21-17(22-23-18)14-5-3-4-6-15(14)19/h3-9H,10H2,1-2H3,(H2,20,21,22,23,24). The summed E-state index contributed by atoms with van der Waals surface area (Å²) in [5.41, 5.74) is 3.03. The van der Waals surface area contributed by atoms with Crippen molar-refractivity contribution in [1.29, 1.82) is 0 Å².